The molecule has 2 heterocycles. The van der Waals surface area contributed by atoms with Gasteiger partial charge in [-0.2, -0.15) is 0 Å². The first kappa shape index (κ1) is 8.48. The molecule has 0 radical (unpaired) electrons. The van der Waals surface area contributed by atoms with Crippen molar-refractivity contribution in [2.24, 2.45) is 0 Å². The number of nitrogens with one attached hydrogen (secondary N) is 1. The van der Waals surface area contributed by atoms with Crippen molar-refractivity contribution in [3.63, 3.8) is 0 Å². The van der Waals surface area contributed by atoms with Crippen molar-refractivity contribution in [2.45, 2.75) is 6.04 Å². The average molecular weight is 197 g/mol. The number of rotatable bonds is 1. The number of hydrogen-bond acceptors (Lipinski definition) is 1. The topological polar surface area (TPSA) is 15.9 Å². The van der Waals surface area contributed by atoms with Gasteiger partial charge in [0, 0.05) is 11.6 Å². The smallest absolute Gasteiger partial charge is 0.270 e. The number of pyridine rings is 1. The minimum atomic E-state index is 0.433. The second-order valence-electron chi connectivity index (χ2n) is 3.80. The first-order valence-electron chi connectivity index (χ1n) is 5.24. The van der Waals surface area contributed by atoms with E-state index in [4.69, 9.17) is 0 Å². The molecule has 2 aromatic rings. The van der Waals surface area contributed by atoms with Gasteiger partial charge < -0.3 is 0 Å². The van der Waals surface area contributed by atoms with Crippen LogP contribution in [0.15, 0.2) is 54.7 Å². The normalized spacial score (nSPS) is 18.3. The Morgan fingerprint density at radius 3 is 2.67 bits per heavy atom. The highest BCUT2D eigenvalue weighted by molar-refractivity contribution is 5.33. The molecule has 0 amide bonds. The summed E-state index contributed by atoms with van der Waals surface area (Å²) >= 11 is 0. The molecule has 0 fully saturated rings. The SMILES string of the molecule is c1ccc(C2CNc3cccc[n+]32)cc1. The highest BCUT2D eigenvalue weighted by atomic mass is 15.2. The Bertz CT molecular complexity index is 465. The van der Waals surface area contributed by atoms with Crippen LogP contribution in [0.1, 0.15) is 11.6 Å². The molecule has 0 spiro atoms. The lowest BCUT2D eigenvalue weighted by Gasteiger charge is -2.06. The molecule has 1 atom stereocenters. The van der Waals surface area contributed by atoms with Crippen LogP contribution in [0.25, 0.3) is 0 Å². The zero-order valence-corrected chi connectivity index (χ0v) is 8.43. The van der Waals surface area contributed by atoms with E-state index in [2.05, 4.69) is 64.6 Å². The summed E-state index contributed by atoms with van der Waals surface area (Å²) in [5, 5.41) is 3.41. The molecule has 1 aliphatic rings. The second kappa shape index (κ2) is 3.39. The lowest BCUT2D eigenvalue weighted by Crippen LogP contribution is -2.36. The molecule has 15 heavy (non-hydrogen) atoms. The van der Waals surface area contributed by atoms with Gasteiger partial charge in [0.15, 0.2) is 6.04 Å². The summed E-state index contributed by atoms with van der Waals surface area (Å²) < 4.78 is 2.29. The van der Waals surface area contributed by atoms with E-state index < -0.39 is 0 Å². The molecule has 1 aromatic heterocycles. The maximum atomic E-state index is 3.41. The molecular formula is C13H13N2+. The van der Waals surface area contributed by atoms with Crippen LogP contribution < -0.4 is 9.88 Å². The number of benzene rings is 1. The van der Waals surface area contributed by atoms with E-state index in [0.717, 1.165) is 6.54 Å². The first-order chi connectivity index (χ1) is 7.45. The van der Waals surface area contributed by atoms with Crippen molar-refractivity contribution >= 4 is 5.82 Å². The van der Waals surface area contributed by atoms with Crippen LogP contribution in [0.4, 0.5) is 5.82 Å². The van der Waals surface area contributed by atoms with Crippen LogP contribution in [0.3, 0.4) is 0 Å². The summed E-state index contributed by atoms with van der Waals surface area (Å²) in [5.74, 6) is 1.20. The summed E-state index contributed by atoms with van der Waals surface area (Å²) in [6.07, 6.45) is 2.13. The highest BCUT2D eigenvalue weighted by Gasteiger charge is 2.28. The Labute approximate surface area is 89.2 Å². The van der Waals surface area contributed by atoms with E-state index in [1.54, 1.807) is 0 Å². The van der Waals surface area contributed by atoms with Crippen LogP contribution in [0, 0.1) is 0 Å². The van der Waals surface area contributed by atoms with Crippen molar-refractivity contribution in [2.75, 3.05) is 11.9 Å². The van der Waals surface area contributed by atoms with Crippen LogP contribution >= 0.6 is 0 Å². The number of fused-ring (bicyclic) bond motifs is 1. The summed E-state index contributed by atoms with van der Waals surface area (Å²) in [7, 11) is 0. The minimum absolute atomic E-state index is 0.433. The summed E-state index contributed by atoms with van der Waals surface area (Å²) in [6, 6.07) is 17.3. The van der Waals surface area contributed by atoms with Crippen LogP contribution in [0.5, 0.6) is 0 Å². The van der Waals surface area contributed by atoms with Crippen LogP contribution in [-0.2, 0) is 0 Å². The Morgan fingerprint density at radius 2 is 1.80 bits per heavy atom. The fourth-order valence-electron chi connectivity index (χ4n) is 2.13. The number of anilines is 1. The minimum Gasteiger partial charge on any atom is -0.270 e. The third-order valence-corrected chi connectivity index (χ3v) is 2.89. The van der Waals surface area contributed by atoms with Crippen molar-refractivity contribution in [3.8, 4) is 0 Å². The van der Waals surface area contributed by atoms with E-state index in [1.807, 2.05) is 0 Å². The molecule has 0 saturated heterocycles. The van der Waals surface area contributed by atoms with Crippen molar-refractivity contribution in [3.05, 3.63) is 60.3 Å². The van der Waals surface area contributed by atoms with Gasteiger partial charge in [0.2, 0.25) is 0 Å². The zero-order chi connectivity index (χ0) is 10.1. The Balaban J connectivity index is 2.05. The Kier molecular flexibility index (Phi) is 1.91. The predicted octanol–water partition coefficient (Wildman–Crippen LogP) is 1.99. The lowest BCUT2D eigenvalue weighted by molar-refractivity contribution is -0.687. The number of aromatic nitrogens is 1. The summed E-state index contributed by atoms with van der Waals surface area (Å²) in [5.41, 5.74) is 1.36. The van der Waals surface area contributed by atoms with Gasteiger partial charge in [-0.15, -0.1) is 0 Å². The molecule has 1 aromatic carbocycles. The average Bonchev–Trinajstić information content (AvgIpc) is 2.74. The standard InChI is InChI=1S/C13H12N2/c1-2-6-11(7-3-1)12-10-14-13-8-4-5-9-15(12)13/h1-9,12H,10H2/p+1. The van der Waals surface area contributed by atoms with Crippen LogP contribution in [-0.4, -0.2) is 6.54 Å². The predicted molar refractivity (Wildman–Crippen MR) is 59.7 cm³/mol. The monoisotopic (exact) mass is 197 g/mol. The van der Waals surface area contributed by atoms with E-state index >= 15 is 0 Å². The fourth-order valence-corrected chi connectivity index (χ4v) is 2.13. The van der Waals surface area contributed by atoms with Gasteiger partial charge in [-0.1, -0.05) is 36.4 Å². The lowest BCUT2D eigenvalue weighted by atomic mass is 10.1. The Morgan fingerprint density at radius 1 is 1.00 bits per heavy atom. The van der Waals surface area contributed by atoms with E-state index in [0.29, 0.717) is 6.04 Å². The molecule has 3 rings (SSSR count). The molecular weight excluding hydrogens is 184 g/mol. The third kappa shape index (κ3) is 1.38. The van der Waals surface area contributed by atoms with Crippen molar-refractivity contribution in [1.29, 1.82) is 0 Å². The zero-order valence-electron chi connectivity index (χ0n) is 8.43. The van der Waals surface area contributed by atoms with Gasteiger partial charge in [-0.3, -0.25) is 5.32 Å². The molecule has 0 saturated carbocycles. The quantitative estimate of drug-likeness (QED) is 0.691. The summed E-state index contributed by atoms with van der Waals surface area (Å²) in [6.45, 7) is 0.980. The molecule has 74 valence electrons. The van der Waals surface area contributed by atoms with Gasteiger partial charge >= 0.3 is 0 Å². The van der Waals surface area contributed by atoms with E-state index in [-0.39, 0.29) is 0 Å². The van der Waals surface area contributed by atoms with Crippen molar-refractivity contribution < 1.29 is 4.57 Å². The maximum absolute atomic E-state index is 3.41. The van der Waals surface area contributed by atoms with Crippen LogP contribution in [0.2, 0.25) is 0 Å². The number of hydrogen-bond donors (Lipinski definition) is 1. The van der Waals surface area contributed by atoms with E-state index in [1.165, 1.54) is 11.4 Å². The number of nitrogens with zero attached hydrogens (tertiary/aromatic N) is 1. The van der Waals surface area contributed by atoms with Gasteiger partial charge in [-0.25, -0.2) is 4.57 Å². The third-order valence-electron chi connectivity index (χ3n) is 2.89. The molecule has 1 N–H and O–H groups in total. The van der Waals surface area contributed by atoms with Gasteiger partial charge in [0.25, 0.3) is 5.82 Å². The second-order valence-corrected chi connectivity index (χ2v) is 3.80. The molecule has 2 nitrogen and oxygen atoms in total. The van der Waals surface area contributed by atoms with Gasteiger partial charge in [0.1, 0.15) is 6.54 Å². The maximum Gasteiger partial charge on any atom is 0.275 e. The molecule has 0 aliphatic carbocycles. The molecule has 0 bridgehead atoms. The first-order valence-corrected chi connectivity index (χ1v) is 5.24. The highest BCUT2D eigenvalue weighted by Crippen LogP contribution is 2.19. The molecule has 1 unspecified atom stereocenters. The molecule has 1 aliphatic heterocycles. The Hall–Kier alpha value is -1.83. The fraction of sp³-hybridized carbons (Fsp3) is 0.154. The van der Waals surface area contributed by atoms with E-state index in [9.17, 15) is 0 Å². The van der Waals surface area contributed by atoms with Crippen molar-refractivity contribution in [1.82, 2.24) is 0 Å². The molecule has 2 heteroatoms. The summed E-state index contributed by atoms with van der Waals surface area (Å²) in [4.78, 5) is 0. The largest absolute Gasteiger partial charge is 0.275 e. The van der Waals surface area contributed by atoms with Gasteiger partial charge in [-0.05, 0) is 6.07 Å². The van der Waals surface area contributed by atoms with Gasteiger partial charge in [0.05, 0.1) is 6.20 Å².